The Morgan fingerprint density at radius 1 is 1.25 bits per heavy atom. The van der Waals surface area contributed by atoms with Gasteiger partial charge >= 0.3 is 0 Å². The molecule has 0 aromatic heterocycles. The Morgan fingerprint density at radius 3 is 2.56 bits per heavy atom. The minimum Gasteiger partial charge on any atom is -0.330 e. The fourth-order valence-electron chi connectivity index (χ4n) is 1.27. The summed E-state index contributed by atoms with van der Waals surface area (Å²) in [5.41, 5.74) is 5.04. The van der Waals surface area contributed by atoms with Gasteiger partial charge in [0.2, 0.25) is 0 Å². The van der Waals surface area contributed by atoms with Gasteiger partial charge in [0.25, 0.3) is 0 Å². The summed E-state index contributed by atoms with van der Waals surface area (Å²) in [7, 11) is -3.42. The molecule has 0 saturated carbocycles. The molecule has 2 N–H and O–H groups in total. The van der Waals surface area contributed by atoms with Crippen LogP contribution in [-0.4, -0.2) is 20.7 Å². The number of rotatable bonds is 5. The molecule has 0 unspecified atom stereocenters. The maximum Gasteiger partial charge on any atom is 0.163 e. The second-order valence-corrected chi connectivity index (χ2v) is 5.63. The number of hydrogen-bond donors (Lipinski definition) is 1. The van der Waals surface area contributed by atoms with Crippen molar-refractivity contribution < 1.29 is 17.2 Å². The Balaban J connectivity index is 2.84. The first kappa shape index (κ1) is 13.1. The van der Waals surface area contributed by atoms with Gasteiger partial charge in [-0.25, -0.2) is 17.2 Å². The van der Waals surface area contributed by atoms with Crippen LogP contribution in [0.5, 0.6) is 0 Å². The zero-order chi connectivity index (χ0) is 12.2. The van der Waals surface area contributed by atoms with Crippen molar-refractivity contribution in [2.24, 2.45) is 5.73 Å². The summed E-state index contributed by atoms with van der Waals surface area (Å²) in [5, 5.41) is 0. The Morgan fingerprint density at radius 2 is 1.94 bits per heavy atom. The van der Waals surface area contributed by atoms with E-state index in [-0.39, 0.29) is 17.9 Å². The number of hydrogen-bond acceptors (Lipinski definition) is 3. The fourth-order valence-corrected chi connectivity index (χ4v) is 2.72. The fraction of sp³-hybridized carbons (Fsp3) is 0.400. The molecule has 0 aliphatic rings. The van der Waals surface area contributed by atoms with Crippen LogP contribution < -0.4 is 5.73 Å². The first-order valence-corrected chi connectivity index (χ1v) is 6.62. The molecule has 3 nitrogen and oxygen atoms in total. The molecule has 0 heterocycles. The Labute approximate surface area is 93.2 Å². The molecule has 6 heteroatoms. The van der Waals surface area contributed by atoms with Crippen molar-refractivity contribution in [2.75, 3.05) is 12.3 Å². The molecule has 1 rings (SSSR count). The standard InChI is InChI=1S/C10H13F2NO2S/c11-9-4-1-3-8(10(9)12)7-16(14,15)6-2-5-13/h1,3-4H,2,5-7,13H2. The van der Waals surface area contributed by atoms with E-state index in [1.54, 1.807) is 0 Å². The predicted octanol–water partition coefficient (Wildman–Crippen LogP) is 1.23. The van der Waals surface area contributed by atoms with E-state index in [2.05, 4.69) is 0 Å². The van der Waals surface area contributed by atoms with Gasteiger partial charge in [0.05, 0.1) is 11.5 Å². The number of nitrogens with two attached hydrogens (primary N) is 1. The van der Waals surface area contributed by atoms with Crippen LogP contribution in [0.15, 0.2) is 18.2 Å². The maximum absolute atomic E-state index is 13.2. The normalized spacial score (nSPS) is 11.7. The largest absolute Gasteiger partial charge is 0.330 e. The highest BCUT2D eigenvalue weighted by atomic mass is 32.2. The van der Waals surface area contributed by atoms with Crippen LogP contribution in [0.1, 0.15) is 12.0 Å². The topological polar surface area (TPSA) is 60.2 Å². The SMILES string of the molecule is NCCCS(=O)(=O)Cc1cccc(F)c1F. The van der Waals surface area contributed by atoms with Crippen molar-refractivity contribution >= 4 is 9.84 Å². The summed E-state index contributed by atoms with van der Waals surface area (Å²) in [6.07, 6.45) is 0.319. The monoisotopic (exact) mass is 249 g/mol. The third-order valence-corrected chi connectivity index (χ3v) is 3.73. The van der Waals surface area contributed by atoms with Gasteiger partial charge < -0.3 is 5.73 Å². The van der Waals surface area contributed by atoms with Crippen LogP contribution in [0.25, 0.3) is 0 Å². The van der Waals surface area contributed by atoms with E-state index in [0.717, 1.165) is 6.07 Å². The van der Waals surface area contributed by atoms with Crippen LogP contribution in [-0.2, 0) is 15.6 Å². The van der Waals surface area contributed by atoms with Gasteiger partial charge in [-0.3, -0.25) is 0 Å². The summed E-state index contributed by atoms with van der Waals surface area (Å²) in [6.45, 7) is 0.255. The van der Waals surface area contributed by atoms with Crippen molar-refractivity contribution in [2.45, 2.75) is 12.2 Å². The Kier molecular flexibility index (Phi) is 4.37. The van der Waals surface area contributed by atoms with Crippen LogP contribution in [0.4, 0.5) is 8.78 Å². The van der Waals surface area contributed by atoms with Crippen molar-refractivity contribution in [3.05, 3.63) is 35.4 Å². The van der Waals surface area contributed by atoms with Gasteiger partial charge in [-0.2, -0.15) is 0 Å². The summed E-state index contributed by atoms with van der Waals surface area (Å²) in [4.78, 5) is 0. The molecule has 0 radical (unpaired) electrons. The molecule has 0 saturated heterocycles. The van der Waals surface area contributed by atoms with E-state index in [0.29, 0.717) is 6.42 Å². The summed E-state index contributed by atoms with van der Waals surface area (Å²) >= 11 is 0. The predicted molar refractivity (Wildman–Crippen MR) is 57.5 cm³/mol. The van der Waals surface area contributed by atoms with E-state index >= 15 is 0 Å². The number of benzene rings is 1. The van der Waals surface area contributed by atoms with Crippen LogP contribution in [0.2, 0.25) is 0 Å². The summed E-state index contributed by atoms with van der Waals surface area (Å²) in [6, 6.07) is 3.50. The van der Waals surface area contributed by atoms with Crippen molar-refractivity contribution in [3.8, 4) is 0 Å². The minimum atomic E-state index is -3.42. The average Bonchev–Trinajstić information content (AvgIpc) is 2.22. The molecule has 0 spiro atoms. The van der Waals surface area contributed by atoms with Gasteiger partial charge in [0, 0.05) is 5.56 Å². The molecule has 1 aromatic carbocycles. The minimum absolute atomic E-state index is 0.112. The first-order valence-electron chi connectivity index (χ1n) is 4.79. The van der Waals surface area contributed by atoms with Gasteiger partial charge in [0.15, 0.2) is 21.5 Å². The van der Waals surface area contributed by atoms with E-state index in [1.165, 1.54) is 12.1 Å². The van der Waals surface area contributed by atoms with Crippen LogP contribution in [0.3, 0.4) is 0 Å². The zero-order valence-electron chi connectivity index (χ0n) is 8.62. The van der Waals surface area contributed by atoms with Crippen molar-refractivity contribution in [1.82, 2.24) is 0 Å². The van der Waals surface area contributed by atoms with Crippen LogP contribution in [0, 0.1) is 11.6 Å². The summed E-state index contributed by atoms with van der Waals surface area (Å²) in [5.74, 6) is -2.74. The molecule has 0 bridgehead atoms. The molecule has 0 atom stereocenters. The third kappa shape index (κ3) is 3.53. The smallest absolute Gasteiger partial charge is 0.163 e. The average molecular weight is 249 g/mol. The second-order valence-electron chi connectivity index (χ2n) is 3.45. The van der Waals surface area contributed by atoms with E-state index in [9.17, 15) is 17.2 Å². The quantitative estimate of drug-likeness (QED) is 0.853. The van der Waals surface area contributed by atoms with Gasteiger partial charge in [-0.1, -0.05) is 12.1 Å². The summed E-state index contributed by atoms with van der Waals surface area (Å²) < 4.78 is 49.0. The molecular formula is C10H13F2NO2S. The van der Waals surface area contributed by atoms with E-state index < -0.39 is 27.2 Å². The Bertz CT molecular complexity index is 460. The molecular weight excluding hydrogens is 236 g/mol. The highest BCUT2D eigenvalue weighted by Crippen LogP contribution is 2.14. The Hall–Kier alpha value is -1.01. The van der Waals surface area contributed by atoms with Gasteiger partial charge in [-0.15, -0.1) is 0 Å². The lowest BCUT2D eigenvalue weighted by atomic mass is 10.2. The lowest BCUT2D eigenvalue weighted by Crippen LogP contribution is -2.14. The first-order chi connectivity index (χ1) is 7.46. The molecule has 0 aliphatic heterocycles. The lowest BCUT2D eigenvalue weighted by molar-refractivity contribution is 0.501. The molecule has 0 amide bonds. The van der Waals surface area contributed by atoms with E-state index in [1.807, 2.05) is 0 Å². The van der Waals surface area contributed by atoms with Gasteiger partial charge in [-0.05, 0) is 19.0 Å². The lowest BCUT2D eigenvalue weighted by Gasteiger charge is -2.05. The van der Waals surface area contributed by atoms with Crippen molar-refractivity contribution in [1.29, 1.82) is 0 Å². The maximum atomic E-state index is 13.2. The van der Waals surface area contributed by atoms with Crippen LogP contribution >= 0.6 is 0 Å². The third-order valence-electron chi connectivity index (χ3n) is 2.07. The molecule has 0 aliphatic carbocycles. The molecule has 16 heavy (non-hydrogen) atoms. The highest BCUT2D eigenvalue weighted by Gasteiger charge is 2.16. The second kappa shape index (κ2) is 5.36. The molecule has 0 fully saturated rings. The zero-order valence-corrected chi connectivity index (χ0v) is 9.43. The number of halogens is 2. The van der Waals surface area contributed by atoms with Crippen molar-refractivity contribution in [3.63, 3.8) is 0 Å². The highest BCUT2D eigenvalue weighted by molar-refractivity contribution is 7.90. The number of sulfone groups is 1. The molecule has 1 aromatic rings. The molecule has 90 valence electrons. The van der Waals surface area contributed by atoms with Gasteiger partial charge in [0.1, 0.15) is 0 Å². The van der Waals surface area contributed by atoms with E-state index in [4.69, 9.17) is 5.73 Å².